The number of hydrogen-bond donors (Lipinski definition) is 3. The Morgan fingerprint density at radius 3 is 2.85 bits per heavy atom. The van der Waals surface area contributed by atoms with Crippen molar-refractivity contribution in [2.24, 2.45) is 0 Å². The summed E-state index contributed by atoms with van der Waals surface area (Å²) < 4.78 is 27.3. The number of aromatic nitrogens is 1. The van der Waals surface area contributed by atoms with Gasteiger partial charge in [0.2, 0.25) is 10.0 Å². The van der Waals surface area contributed by atoms with E-state index < -0.39 is 10.0 Å². The molecular weight excluding hydrogens is 294 g/mol. The van der Waals surface area contributed by atoms with Crippen LogP contribution in [0.4, 0.5) is 0 Å². The Labute approximate surface area is 125 Å². The zero-order chi connectivity index (χ0) is 14.6. The van der Waals surface area contributed by atoms with Gasteiger partial charge in [0.25, 0.3) is 0 Å². The van der Waals surface area contributed by atoms with Gasteiger partial charge in [0, 0.05) is 36.3 Å². The zero-order valence-corrected chi connectivity index (χ0v) is 13.6. The Hall–Kier alpha value is -0.500. The van der Waals surface area contributed by atoms with E-state index in [0.717, 1.165) is 17.9 Å². The van der Waals surface area contributed by atoms with E-state index in [0.29, 0.717) is 17.5 Å². The molecule has 1 aliphatic carbocycles. The zero-order valence-electron chi connectivity index (χ0n) is 12.0. The highest BCUT2D eigenvalue weighted by Gasteiger charge is 2.22. The quantitative estimate of drug-likeness (QED) is 0.648. The third kappa shape index (κ3) is 4.51. The number of aromatic amines is 1. The van der Waals surface area contributed by atoms with Gasteiger partial charge in [0.1, 0.15) is 0 Å². The summed E-state index contributed by atoms with van der Waals surface area (Å²) in [6.07, 6.45) is 6.79. The molecule has 1 aromatic heterocycles. The van der Waals surface area contributed by atoms with Crippen LogP contribution in [0.5, 0.6) is 0 Å². The molecule has 1 fully saturated rings. The maximum Gasteiger partial charge on any atom is 0.242 e. The molecule has 1 heterocycles. The minimum absolute atomic E-state index is 0.0158. The lowest BCUT2D eigenvalue weighted by molar-refractivity contribution is 0.558. The summed E-state index contributed by atoms with van der Waals surface area (Å²) in [7, 11) is -3.42. The van der Waals surface area contributed by atoms with Crippen molar-refractivity contribution in [3.8, 4) is 0 Å². The Bertz CT molecular complexity index is 523. The SMILES string of the molecule is CCC(CSC)NS(=O)(=O)c1c[nH]c(CNC2CC2)c1. The van der Waals surface area contributed by atoms with E-state index in [-0.39, 0.29) is 6.04 Å². The molecule has 0 radical (unpaired) electrons. The molecule has 5 nitrogen and oxygen atoms in total. The molecule has 3 N–H and O–H groups in total. The maximum atomic E-state index is 12.3. The first-order valence-electron chi connectivity index (χ1n) is 6.97. The summed E-state index contributed by atoms with van der Waals surface area (Å²) in [5.74, 6) is 0.788. The molecule has 0 aliphatic heterocycles. The van der Waals surface area contributed by atoms with Crippen molar-refractivity contribution in [1.29, 1.82) is 0 Å². The molecule has 0 saturated heterocycles. The third-order valence-corrected chi connectivity index (χ3v) is 5.60. The second-order valence-corrected chi connectivity index (χ2v) is 7.82. The molecule has 20 heavy (non-hydrogen) atoms. The molecule has 0 amide bonds. The lowest BCUT2D eigenvalue weighted by atomic mass is 10.3. The molecule has 0 spiro atoms. The van der Waals surface area contributed by atoms with Gasteiger partial charge in [0.05, 0.1) is 4.90 Å². The van der Waals surface area contributed by atoms with Crippen LogP contribution in [0.25, 0.3) is 0 Å². The summed E-state index contributed by atoms with van der Waals surface area (Å²) in [6.45, 7) is 2.69. The minimum atomic E-state index is -3.42. The molecule has 1 unspecified atom stereocenters. The Kier molecular flexibility index (Phi) is 5.54. The standard InChI is InChI=1S/C13H23N3O2S2/c1-3-10(9-19-2)16-20(17,18)13-6-12(15-8-13)7-14-11-4-5-11/h6,8,10-11,14-16H,3-5,7,9H2,1-2H3. The Balaban J connectivity index is 1.96. The van der Waals surface area contributed by atoms with Crippen LogP contribution < -0.4 is 10.0 Å². The predicted octanol–water partition coefficient (Wildman–Crippen LogP) is 1.69. The lowest BCUT2D eigenvalue weighted by Crippen LogP contribution is -2.35. The van der Waals surface area contributed by atoms with Crippen LogP contribution in [-0.2, 0) is 16.6 Å². The minimum Gasteiger partial charge on any atom is -0.363 e. The summed E-state index contributed by atoms with van der Waals surface area (Å²) >= 11 is 1.65. The summed E-state index contributed by atoms with van der Waals surface area (Å²) in [6, 6.07) is 2.31. The van der Waals surface area contributed by atoms with Crippen LogP contribution >= 0.6 is 11.8 Å². The van der Waals surface area contributed by atoms with Crippen LogP contribution in [0.3, 0.4) is 0 Å². The monoisotopic (exact) mass is 317 g/mol. The summed E-state index contributed by atoms with van der Waals surface area (Å²) in [4.78, 5) is 3.36. The van der Waals surface area contributed by atoms with Crippen molar-refractivity contribution < 1.29 is 8.42 Å². The van der Waals surface area contributed by atoms with E-state index in [4.69, 9.17) is 0 Å². The van der Waals surface area contributed by atoms with E-state index in [9.17, 15) is 8.42 Å². The lowest BCUT2D eigenvalue weighted by Gasteiger charge is -2.15. The van der Waals surface area contributed by atoms with Crippen molar-refractivity contribution in [1.82, 2.24) is 15.0 Å². The number of hydrogen-bond acceptors (Lipinski definition) is 4. The number of thioether (sulfide) groups is 1. The third-order valence-electron chi connectivity index (χ3n) is 3.37. The van der Waals surface area contributed by atoms with E-state index in [1.807, 2.05) is 13.2 Å². The molecule has 1 atom stereocenters. The average molecular weight is 317 g/mol. The highest BCUT2D eigenvalue weighted by Crippen LogP contribution is 2.19. The van der Waals surface area contributed by atoms with Crippen molar-refractivity contribution in [3.63, 3.8) is 0 Å². The number of H-pyrrole nitrogens is 1. The fourth-order valence-electron chi connectivity index (χ4n) is 1.94. The number of sulfonamides is 1. The topological polar surface area (TPSA) is 74.0 Å². The molecule has 2 rings (SSSR count). The van der Waals surface area contributed by atoms with Crippen LogP contribution in [0, 0.1) is 0 Å². The summed E-state index contributed by atoms with van der Waals surface area (Å²) in [5, 5.41) is 3.36. The summed E-state index contributed by atoms with van der Waals surface area (Å²) in [5.41, 5.74) is 0.912. The van der Waals surface area contributed by atoms with Gasteiger partial charge in [-0.25, -0.2) is 13.1 Å². The van der Waals surface area contributed by atoms with E-state index >= 15 is 0 Å². The van der Waals surface area contributed by atoms with Crippen LogP contribution in [-0.4, -0.2) is 37.5 Å². The average Bonchev–Trinajstić information content (AvgIpc) is 3.11. The van der Waals surface area contributed by atoms with Crippen molar-refractivity contribution in [2.75, 3.05) is 12.0 Å². The van der Waals surface area contributed by atoms with Gasteiger partial charge >= 0.3 is 0 Å². The maximum absolute atomic E-state index is 12.3. The fourth-order valence-corrected chi connectivity index (χ4v) is 4.10. The fraction of sp³-hybridized carbons (Fsp3) is 0.692. The Morgan fingerprint density at radius 2 is 2.25 bits per heavy atom. The van der Waals surface area contributed by atoms with Gasteiger partial charge in [-0.05, 0) is 31.6 Å². The molecule has 7 heteroatoms. The smallest absolute Gasteiger partial charge is 0.242 e. The number of rotatable bonds is 9. The van der Waals surface area contributed by atoms with Crippen molar-refractivity contribution in [3.05, 3.63) is 18.0 Å². The van der Waals surface area contributed by atoms with Crippen molar-refractivity contribution in [2.45, 2.75) is 49.7 Å². The molecule has 0 aromatic carbocycles. The van der Waals surface area contributed by atoms with E-state index in [1.165, 1.54) is 12.8 Å². The molecule has 1 aliphatic rings. The Morgan fingerprint density at radius 1 is 1.50 bits per heavy atom. The van der Waals surface area contributed by atoms with Crippen LogP contribution in [0.15, 0.2) is 17.2 Å². The normalized spacial score (nSPS) is 17.3. The van der Waals surface area contributed by atoms with E-state index in [1.54, 1.807) is 24.0 Å². The second kappa shape index (κ2) is 6.98. The molecular formula is C13H23N3O2S2. The van der Waals surface area contributed by atoms with Crippen molar-refractivity contribution >= 4 is 21.8 Å². The second-order valence-electron chi connectivity index (χ2n) is 5.20. The van der Waals surface area contributed by atoms with E-state index in [2.05, 4.69) is 15.0 Å². The molecule has 0 bridgehead atoms. The van der Waals surface area contributed by atoms with Crippen LogP contribution in [0.2, 0.25) is 0 Å². The van der Waals surface area contributed by atoms with Crippen LogP contribution in [0.1, 0.15) is 31.9 Å². The first-order chi connectivity index (χ1) is 9.55. The van der Waals surface area contributed by atoms with Gasteiger partial charge in [0.15, 0.2) is 0 Å². The highest BCUT2D eigenvalue weighted by molar-refractivity contribution is 7.98. The van der Waals surface area contributed by atoms with Gasteiger partial charge in [-0.2, -0.15) is 11.8 Å². The van der Waals surface area contributed by atoms with Gasteiger partial charge in [-0.1, -0.05) is 6.92 Å². The molecule has 114 valence electrons. The first-order valence-corrected chi connectivity index (χ1v) is 9.84. The predicted molar refractivity (Wildman–Crippen MR) is 83.4 cm³/mol. The number of nitrogens with one attached hydrogen (secondary N) is 3. The van der Waals surface area contributed by atoms with Gasteiger partial charge in [-0.3, -0.25) is 0 Å². The largest absolute Gasteiger partial charge is 0.363 e. The molecule has 1 saturated carbocycles. The van der Waals surface area contributed by atoms with Gasteiger partial charge < -0.3 is 10.3 Å². The van der Waals surface area contributed by atoms with Gasteiger partial charge in [-0.15, -0.1) is 0 Å². The molecule has 1 aromatic rings. The highest BCUT2D eigenvalue weighted by atomic mass is 32.2. The first kappa shape index (κ1) is 15.9.